The second kappa shape index (κ2) is 9.45. The first-order valence-electron chi connectivity index (χ1n) is 8.05. The van der Waals surface area contributed by atoms with Crippen molar-refractivity contribution in [3.05, 3.63) is 57.0 Å². The van der Waals surface area contributed by atoms with Crippen LogP contribution in [-0.2, 0) is 4.74 Å². The van der Waals surface area contributed by atoms with Crippen molar-refractivity contribution in [1.29, 1.82) is 0 Å². The summed E-state index contributed by atoms with van der Waals surface area (Å²) in [5.41, 5.74) is 5.19. The summed E-state index contributed by atoms with van der Waals surface area (Å²) in [5.74, 6) is -0.718. The Labute approximate surface area is 166 Å². The highest BCUT2D eigenvalue weighted by atomic mass is 35.5. The van der Waals surface area contributed by atoms with Gasteiger partial charge in [0.2, 0.25) is 5.43 Å². The van der Waals surface area contributed by atoms with Gasteiger partial charge in [0, 0.05) is 24.9 Å². The maximum Gasteiger partial charge on any atom is 0.294 e. The van der Waals surface area contributed by atoms with Crippen LogP contribution in [0.15, 0.2) is 35.1 Å². The molecule has 0 saturated carbocycles. The molecule has 0 aliphatic rings. The SMILES string of the molecule is COC[C@H](C)NC(=S)NNC(=O)c1nn(-c2ccccc2Cl)c(C)cc1=O. The van der Waals surface area contributed by atoms with Gasteiger partial charge < -0.3 is 10.1 Å². The molecule has 10 heteroatoms. The van der Waals surface area contributed by atoms with Gasteiger partial charge in [-0.15, -0.1) is 0 Å². The lowest BCUT2D eigenvalue weighted by Crippen LogP contribution is -2.50. The Kier molecular flexibility index (Phi) is 7.28. The Morgan fingerprint density at radius 1 is 1.37 bits per heavy atom. The number of hydrogen-bond acceptors (Lipinski definition) is 5. The zero-order chi connectivity index (χ0) is 20.0. The predicted octanol–water partition coefficient (Wildman–Crippen LogP) is 1.34. The average Bonchev–Trinajstić information content (AvgIpc) is 2.61. The van der Waals surface area contributed by atoms with E-state index in [0.29, 0.717) is 23.0 Å². The van der Waals surface area contributed by atoms with Crippen LogP contribution < -0.4 is 21.6 Å². The molecule has 144 valence electrons. The van der Waals surface area contributed by atoms with Gasteiger partial charge in [-0.2, -0.15) is 5.10 Å². The van der Waals surface area contributed by atoms with Gasteiger partial charge in [0.05, 0.1) is 17.3 Å². The lowest BCUT2D eigenvalue weighted by atomic mass is 10.2. The molecule has 1 aromatic heterocycles. The zero-order valence-electron chi connectivity index (χ0n) is 15.1. The second-order valence-electron chi connectivity index (χ2n) is 5.77. The van der Waals surface area contributed by atoms with E-state index < -0.39 is 11.3 Å². The lowest BCUT2D eigenvalue weighted by Gasteiger charge is -2.16. The smallest absolute Gasteiger partial charge is 0.294 e. The number of carbonyl (C=O) groups is 1. The van der Waals surface area contributed by atoms with Crippen LogP contribution in [0.5, 0.6) is 0 Å². The molecule has 3 N–H and O–H groups in total. The van der Waals surface area contributed by atoms with Gasteiger partial charge in [0.1, 0.15) is 0 Å². The second-order valence-corrected chi connectivity index (χ2v) is 6.59. The highest BCUT2D eigenvalue weighted by molar-refractivity contribution is 7.80. The molecule has 0 aliphatic heterocycles. The van der Waals surface area contributed by atoms with Gasteiger partial charge in [0.15, 0.2) is 10.8 Å². The van der Waals surface area contributed by atoms with Crippen molar-refractivity contribution >= 4 is 34.8 Å². The number of thiocarbonyl (C=S) groups is 1. The van der Waals surface area contributed by atoms with Crippen LogP contribution in [0, 0.1) is 6.92 Å². The molecule has 1 amide bonds. The molecule has 0 aliphatic carbocycles. The number of carbonyl (C=O) groups excluding carboxylic acids is 1. The van der Waals surface area contributed by atoms with Crippen LogP contribution in [0.3, 0.4) is 0 Å². The van der Waals surface area contributed by atoms with Gasteiger partial charge >= 0.3 is 0 Å². The Morgan fingerprint density at radius 2 is 2.07 bits per heavy atom. The predicted molar refractivity (Wildman–Crippen MR) is 107 cm³/mol. The van der Waals surface area contributed by atoms with Crippen LogP contribution in [-0.4, -0.2) is 40.6 Å². The van der Waals surface area contributed by atoms with Crippen LogP contribution >= 0.6 is 23.8 Å². The summed E-state index contributed by atoms with van der Waals surface area (Å²) in [6.45, 7) is 4.01. The molecule has 2 rings (SSSR count). The Morgan fingerprint density at radius 3 is 2.74 bits per heavy atom. The molecule has 0 spiro atoms. The van der Waals surface area contributed by atoms with Crippen molar-refractivity contribution in [2.24, 2.45) is 0 Å². The molecule has 0 fully saturated rings. The zero-order valence-corrected chi connectivity index (χ0v) is 16.6. The highest BCUT2D eigenvalue weighted by Gasteiger charge is 2.16. The number of amides is 1. The first kappa shape index (κ1) is 20.8. The molecule has 1 aromatic carbocycles. The number of nitrogens with one attached hydrogen (secondary N) is 3. The number of aryl methyl sites for hydroxylation is 1. The molecular weight excluding hydrogens is 390 g/mol. The molecule has 2 aromatic rings. The van der Waals surface area contributed by atoms with E-state index in [4.69, 9.17) is 28.6 Å². The van der Waals surface area contributed by atoms with E-state index >= 15 is 0 Å². The number of nitrogens with zero attached hydrogens (tertiary/aromatic N) is 2. The first-order valence-corrected chi connectivity index (χ1v) is 8.83. The third-order valence-electron chi connectivity index (χ3n) is 3.49. The molecular formula is C17H20ClN5O3S. The number of para-hydroxylation sites is 1. The van der Waals surface area contributed by atoms with Gasteiger partial charge in [-0.05, 0) is 38.2 Å². The summed E-state index contributed by atoms with van der Waals surface area (Å²) in [6, 6.07) is 8.27. The van der Waals surface area contributed by atoms with E-state index in [2.05, 4.69) is 21.3 Å². The van der Waals surface area contributed by atoms with Crippen LogP contribution in [0.1, 0.15) is 23.1 Å². The van der Waals surface area contributed by atoms with Gasteiger partial charge in [-0.25, -0.2) is 4.68 Å². The first-order chi connectivity index (χ1) is 12.8. The lowest BCUT2D eigenvalue weighted by molar-refractivity contribution is 0.0935. The average molecular weight is 410 g/mol. The van der Waals surface area contributed by atoms with Crippen LogP contribution in [0.25, 0.3) is 5.69 Å². The van der Waals surface area contributed by atoms with E-state index in [1.807, 2.05) is 6.92 Å². The Hall–Kier alpha value is -2.49. The molecule has 1 atom stereocenters. The quantitative estimate of drug-likeness (QED) is 0.506. The summed E-state index contributed by atoms with van der Waals surface area (Å²) in [4.78, 5) is 24.6. The number of hydrazine groups is 1. The van der Waals surface area contributed by atoms with E-state index in [9.17, 15) is 9.59 Å². The van der Waals surface area contributed by atoms with Gasteiger partial charge in [0.25, 0.3) is 5.91 Å². The number of halogens is 1. The van der Waals surface area contributed by atoms with Gasteiger partial charge in [-0.1, -0.05) is 23.7 Å². The third-order valence-corrected chi connectivity index (χ3v) is 4.03. The minimum atomic E-state index is -0.718. The largest absolute Gasteiger partial charge is 0.383 e. The van der Waals surface area contributed by atoms with Crippen LogP contribution in [0.4, 0.5) is 0 Å². The monoisotopic (exact) mass is 409 g/mol. The summed E-state index contributed by atoms with van der Waals surface area (Å²) < 4.78 is 6.43. The molecule has 0 saturated heterocycles. The molecule has 27 heavy (non-hydrogen) atoms. The van der Waals surface area contributed by atoms with E-state index in [1.165, 1.54) is 10.7 Å². The van der Waals surface area contributed by atoms with Crippen molar-refractivity contribution in [2.45, 2.75) is 19.9 Å². The highest BCUT2D eigenvalue weighted by Crippen LogP contribution is 2.19. The number of hydrogen-bond donors (Lipinski definition) is 3. The fourth-order valence-electron chi connectivity index (χ4n) is 2.30. The topological polar surface area (TPSA) is 97.3 Å². The third kappa shape index (κ3) is 5.49. The fraction of sp³-hybridized carbons (Fsp3) is 0.294. The molecule has 0 unspecified atom stereocenters. The minimum Gasteiger partial charge on any atom is -0.383 e. The standard InChI is InChI=1S/C17H20ClN5O3S/c1-10(9-26-3)19-17(27)21-20-16(25)15-14(24)8-11(2)23(22-15)13-7-5-4-6-12(13)18/h4-8,10H,9H2,1-3H3,(H,20,25)(H2,19,21,27)/t10-/m0/s1. The number of benzene rings is 1. The number of methoxy groups -OCH3 is 1. The van der Waals surface area contributed by atoms with Crippen molar-refractivity contribution < 1.29 is 9.53 Å². The van der Waals surface area contributed by atoms with E-state index in [1.54, 1.807) is 38.3 Å². The van der Waals surface area contributed by atoms with Crippen molar-refractivity contribution in [3.63, 3.8) is 0 Å². The maximum absolute atomic E-state index is 12.4. The Balaban J connectivity index is 2.17. The summed E-state index contributed by atoms with van der Waals surface area (Å²) in [6.07, 6.45) is 0. The molecule has 1 heterocycles. The van der Waals surface area contributed by atoms with Crippen molar-refractivity contribution in [3.8, 4) is 5.69 Å². The Bertz CT molecular complexity index is 902. The molecule has 8 nitrogen and oxygen atoms in total. The molecule has 0 radical (unpaired) electrons. The summed E-state index contributed by atoms with van der Waals surface area (Å²) in [5, 5.41) is 7.70. The normalized spacial score (nSPS) is 11.6. The minimum absolute atomic E-state index is 0.0538. The van der Waals surface area contributed by atoms with E-state index in [-0.39, 0.29) is 16.8 Å². The summed E-state index contributed by atoms with van der Waals surface area (Å²) in [7, 11) is 1.57. The fourth-order valence-corrected chi connectivity index (χ4v) is 2.76. The van der Waals surface area contributed by atoms with E-state index in [0.717, 1.165) is 0 Å². The van der Waals surface area contributed by atoms with Crippen LogP contribution in [0.2, 0.25) is 5.02 Å². The van der Waals surface area contributed by atoms with Crippen molar-refractivity contribution in [1.82, 2.24) is 25.9 Å². The van der Waals surface area contributed by atoms with Crippen molar-refractivity contribution in [2.75, 3.05) is 13.7 Å². The number of aromatic nitrogens is 2. The maximum atomic E-state index is 12.4. The van der Waals surface area contributed by atoms with Gasteiger partial charge in [-0.3, -0.25) is 20.4 Å². The number of ether oxygens (including phenoxy) is 1. The summed E-state index contributed by atoms with van der Waals surface area (Å²) >= 11 is 11.3. The molecule has 0 bridgehead atoms. The number of rotatable bonds is 5.